The Morgan fingerprint density at radius 2 is 1.74 bits per heavy atom. The van der Waals surface area contributed by atoms with Crippen LogP contribution in [0.5, 0.6) is 5.75 Å². The monoisotopic (exact) mass is 643 g/mol. The molecule has 2 aliphatic rings. The lowest BCUT2D eigenvalue weighted by molar-refractivity contribution is -0.138. The summed E-state index contributed by atoms with van der Waals surface area (Å²) in [7, 11) is 1.69. The molecule has 0 saturated carbocycles. The normalized spacial score (nSPS) is 17.1. The molecule has 3 heterocycles. The zero-order chi connectivity index (χ0) is 29.5. The van der Waals surface area contributed by atoms with Crippen molar-refractivity contribution in [1.29, 1.82) is 0 Å². The minimum absolute atomic E-state index is 0.154. The third kappa shape index (κ3) is 4.60. The zero-order valence-corrected chi connectivity index (χ0v) is 25.5. The molecule has 0 spiro atoms. The molecule has 1 amide bonds. The molecule has 0 radical (unpaired) electrons. The third-order valence-corrected chi connectivity index (χ3v) is 8.74. The van der Waals surface area contributed by atoms with Crippen molar-refractivity contribution in [2.24, 2.45) is 4.99 Å². The van der Waals surface area contributed by atoms with Crippen LogP contribution >= 0.6 is 27.3 Å². The molecule has 0 bridgehead atoms. The van der Waals surface area contributed by atoms with Crippen molar-refractivity contribution < 1.29 is 19.1 Å². The van der Waals surface area contributed by atoms with Crippen molar-refractivity contribution in [3.63, 3.8) is 0 Å². The van der Waals surface area contributed by atoms with Gasteiger partial charge in [0.1, 0.15) is 10.3 Å². The van der Waals surface area contributed by atoms with Gasteiger partial charge in [-0.1, -0.05) is 69.7 Å². The molecule has 1 atom stereocenters. The van der Waals surface area contributed by atoms with Gasteiger partial charge in [0, 0.05) is 22.6 Å². The lowest BCUT2D eigenvalue weighted by atomic mass is 9.93. The smallest absolute Gasteiger partial charge is 0.338 e. The molecule has 0 saturated heterocycles. The molecule has 42 heavy (non-hydrogen) atoms. The fourth-order valence-corrected chi connectivity index (χ4v) is 6.78. The van der Waals surface area contributed by atoms with E-state index < -0.39 is 17.6 Å². The van der Waals surface area contributed by atoms with Crippen LogP contribution in [0.1, 0.15) is 36.6 Å². The molecule has 10 heteroatoms. The fraction of sp³-hybridized carbons (Fsp3) is 0.188. The number of carbonyl (C=O) groups excluding carboxylic acids is 2. The highest BCUT2D eigenvalue weighted by Crippen LogP contribution is 2.38. The highest BCUT2D eigenvalue weighted by atomic mass is 79.9. The third-order valence-electron chi connectivity index (χ3n) is 7.19. The van der Waals surface area contributed by atoms with Gasteiger partial charge in [-0.2, -0.15) is 0 Å². The zero-order valence-electron chi connectivity index (χ0n) is 23.1. The number of halogens is 1. The lowest BCUT2D eigenvalue weighted by Crippen LogP contribution is -2.40. The first-order valence-corrected chi connectivity index (χ1v) is 15.1. The Morgan fingerprint density at radius 1 is 1.00 bits per heavy atom. The first kappa shape index (κ1) is 27.9. The Balaban J connectivity index is 1.70. The summed E-state index contributed by atoms with van der Waals surface area (Å²) < 4.78 is 13.7. The second kappa shape index (κ2) is 11.2. The first-order chi connectivity index (χ1) is 20.3. The summed E-state index contributed by atoms with van der Waals surface area (Å²) in [5.41, 5.74) is 3.33. The summed E-state index contributed by atoms with van der Waals surface area (Å²) in [6.45, 7) is 4.30. The minimum Gasteiger partial charge on any atom is -0.494 e. The van der Waals surface area contributed by atoms with Gasteiger partial charge < -0.3 is 14.4 Å². The Labute approximate surface area is 254 Å². The van der Waals surface area contributed by atoms with E-state index in [-0.39, 0.29) is 22.6 Å². The lowest BCUT2D eigenvalue weighted by Gasteiger charge is -2.26. The number of thiazole rings is 1. The van der Waals surface area contributed by atoms with E-state index in [0.29, 0.717) is 50.8 Å². The first-order valence-electron chi connectivity index (χ1n) is 13.5. The second-order valence-corrected chi connectivity index (χ2v) is 11.5. The summed E-state index contributed by atoms with van der Waals surface area (Å²) in [5, 5.41) is 0. The van der Waals surface area contributed by atoms with Gasteiger partial charge in [-0.3, -0.25) is 14.2 Å². The molecule has 0 N–H and O–H groups in total. The predicted molar refractivity (Wildman–Crippen MR) is 165 cm³/mol. The van der Waals surface area contributed by atoms with E-state index in [0.717, 1.165) is 15.8 Å². The van der Waals surface area contributed by atoms with Crippen LogP contribution in [-0.2, 0) is 14.3 Å². The largest absolute Gasteiger partial charge is 0.494 e. The number of aromatic nitrogens is 1. The molecule has 4 aromatic rings. The van der Waals surface area contributed by atoms with Gasteiger partial charge in [0.25, 0.3) is 11.5 Å². The number of nitrogens with zero attached hydrogens (tertiary/aromatic N) is 3. The molecule has 2 aliphatic heterocycles. The Morgan fingerprint density at radius 3 is 2.43 bits per heavy atom. The number of ether oxygens (including phenoxy) is 2. The number of amides is 1. The van der Waals surface area contributed by atoms with Crippen LogP contribution in [0.4, 0.5) is 5.69 Å². The van der Waals surface area contributed by atoms with Crippen molar-refractivity contribution in [3.05, 3.63) is 119 Å². The van der Waals surface area contributed by atoms with Crippen molar-refractivity contribution in [2.45, 2.75) is 19.9 Å². The van der Waals surface area contributed by atoms with Crippen LogP contribution in [-0.4, -0.2) is 36.7 Å². The minimum atomic E-state index is -0.850. The number of fused-ring (bicyclic) bond motifs is 2. The molecule has 0 aliphatic carbocycles. The molecule has 8 nitrogen and oxygen atoms in total. The van der Waals surface area contributed by atoms with Crippen LogP contribution in [0.3, 0.4) is 0 Å². The topological polar surface area (TPSA) is 90.2 Å². The maximum atomic E-state index is 14.4. The SMILES string of the molecule is CCOC(=O)C1=C(c2ccccc2)N=c2s/c(=C3/C(=O)N(C)c4ccc(Br)cc43)c(=O)n2[C@H]1c1ccc(OCC)cc1. The van der Waals surface area contributed by atoms with Gasteiger partial charge in [-0.25, -0.2) is 9.79 Å². The average Bonchev–Trinajstić information content (AvgIpc) is 3.44. The van der Waals surface area contributed by atoms with E-state index in [2.05, 4.69) is 15.9 Å². The number of benzene rings is 3. The number of esters is 1. The summed E-state index contributed by atoms with van der Waals surface area (Å²) >= 11 is 4.64. The summed E-state index contributed by atoms with van der Waals surface area (Å²) in [6, 6.07) is 21.3. The van der Waals surface area contributed by atoms with E-state index in [4.69, 9.17) is 14.5 Å². The second-order valence-electron chi connectivity index (χ2n) is 9.65. The Hall–Kier alpha value is -4.28. The number of hydrogen-bond donors (Lipinski definition) is 0. The van der Waals surface area contributed by atoms with Crippen LogP contribution in [0.25, 0.3) is 11.3 Å². The van der Waals surface area contributed by atoms with E-state index >= 15 is 0 Å². The maximum Gasteiger partial charge on any atom is 0.338 e. The molecule has 0 fully saturated rings. The van der Waals surface area contributed by atoms with E-state index in [9.17, 15) is 14.4 Å². The molecule has 3 aromatic carbocycles. The average molecular weight is 645 g/mol. The Kier molecular flexibility index (Phi) is 7.42. The standard InChI is InChI=1S/C32H26BrN3O5S/c1-4-40-21-14-11-19(12-15-21)27-25(31(39)41-5-2)26(18-9-7-6-8-10-18)34-32-36(27)30(38)28(42-32)24-22-17-20(33)13-16-23(22)35(3)29(24)37/h6-17,27H,4-5H2,1-3H3/b28-24+/t27-/m0/s1. The summed E-state index contributed by atoms with van der Waals surface area (Å²) in [6.07, 6.45) is 0. The van der Waals surface area contributed by atoms with Crippen molar-refractivity contribution in [2.75, 3.05) is 25.2 Å². The molecule has 6 rings (SSSR count). The molecular weight excluding hydrogens is 618 g/mol. The van der Waals surface area contributed by atoms with Crippen LogP contribution in [0.15, 0.2) is 92.6 Å². The van der Waals surface area contributed by atoms with E-state index in [1.165, 1.54) is 4.57 Å². The van der Waals surface area contributed by atoms with Gasteiger partial charge in [0.2, 0.25) is 0 Å². The molecular formula is C32H26BrN3O5S. The van der Waals surface area contributed by atoms with Gasteiger partial charge in [0.05, 0.1) is 41.8 Å². The van der Waals surface area contributed by atoms with Gasteiger partial charge >= 0.3 is 5.97 Å². The summed E-state index contributed by atoms with van der Waals surface area (Å²) in [5.74, 6) is -0.177. The maximum absolute atomic E-state index is 14.4. The van der Waals surface area contributed by atoms with Crippen LogP contribution in [0.2, 0.25) is 0 Å². The van der Waals surface area contributed by atoms with E-state index in [1.807, 2.05) is 79.7 Å². The number of anilines is 1. The molecule has 1 aromatic heterocycles. The molecule has 0 unspecified atom stereocenters. The Bertz CT molecular complexity index is 1940. The van der Waals surface area contributed by atoms with Crippen LogP contribution in [0, 0.1) is 0 Å². The fourth-order valence-electron chi connectivity index (χ4n) is 5.33. The molecule has 212 valence electrons. The number of carbonyl (C=O) groups is 2. The van der Waals surface area contributed by atoms with Gasteiger partial charge in [0.15, 0.2) is 4.80 Å². The van der Waals surface area contributed by atoms with Gasteiger partial charge in [-0.05, 0) is 49.7 Å². The van der Waals surface area contributed by atoms with Crippen molar-refractivity contribution in [1.82, 2.24) is 4.57 Å². The predicted octanol–water partition coefficient (Wildman–Crippen LogP) is 4.44. The number of rotatable bonds is 6. The van der Waals surface area contributed by atoms with Crippen molar-refractivity contribution in [3.8, 4) is 5.75 Å². The highest BCUT2D eigenvalue weighted by Gasteiger charge is 2.37. The van der Waals surface area contributed by atoms with Crippen LogP contribution < -0.4 is 24.5 Å². The summed E-state index contributed by atoms with van der Waals surface area (Å²) in [4.78, 5) is 48.4. The number of likely N-dealkylation sites (N-methyl/N-ethyl adjacent to an activating group) is 1. The highest BCUT2D eigenvalue weighted by molar-refractivity contribution is 9.10. The van der Waals surface area contributed by atoms with Gasteiger partial charge in [-0.15, -0.1) is 0 Å². The number of hydrogen-bond acceptors (Lipinski definition) is 7. The van der Waals surface area contributed by atoms with E-state index in [1.54, 1.807) is 18.9 Å². The quantitative estimate of drug-likeness (QED) is 0.290. The van der Waals surface area contributed by atoms with Crippen molar-refractivity contribution >= 4 is 56.1 Å².